The number of hydrogen-bond donors (Lipinski definition) is 2. The third-order valence-corrected chi connectivity index (χ3v) is 5.46. The van der Waals surface area contributed by atoms with E-state index in [9.17, 15) is 8.42 Å². The second kappa shape index (κ2) is 5.33. The molecular weight excluding hydrogens is 254 g/mol. The van der Waals surface area contributed by atoms with Gasteiger partial charge in [-0.2, -0.15) is 9.40 Å². The Kier molecular flexibility index (Phi) is 3.98. The highest BCUT2D eigenvalue weighted by molar-refractivity contribution is 7.89. The molecule has 1 aromatic heterocycles. The summed E-state index contributed by atoms with van der Waals surface area (Å²) in [6.07, 6.45) is 1.33. The first-order valence-electron chi connectivity index (χ1n) is 6.04. The molecule has 18 heavy (non-hydrogen) atoms. The van der Waals surface area contributed by atoms with Crippen LogP contribution in [0, 0.1) is 6.92 Å². The maximum Gasteiger partial charge on any atom is 0.217 e. The minimum atomic E-state index is -3.25. The molecule has 2 rings (SSSR count). The van der Waals surface area contributed by atoms with Crippen molar-refractivity contribution in [1.29, 1.82) is 0 Å². The number of nitrogens with one attached hydrogen (secondary N) is 2. The molecule has 0 bridgehead atoms. The average molecular weight is 273 g/mol. The van der Waals surface area contributed by atoms with Gasteiger partial charge >= 0.3 is 0 Å². The van der Waals surface area contributed by atoms with E-state index in [1.54, 1.807) is 14.0 Å². The Morgan fingerprint density at radius 3 is 2.61 bits per heavy atom. The molecular formula is C10H19N5O2S. The van der Waals surface area contributed by atoms with Gasteiger partial charge in [0.2, 0.25) is 10.0 Å². The number of rotatable bonds is 4. The smallest absolute Gasteiger partial charge is 0.217 e. The van der Waals surface area contributed by atoms with Gasteiger partial charge in [-0.15, -0.1) is 0 Å². The number of nitrogens with zero attached hydrogens (tertiary/aromatic N) is 3. The summed E-state index contributed by atoms with van der Waals surface area (Å²) in [6, 6.07) is 0. The lowest BCUT2D eigenvalue weighted by atomic mass is 10.2. The van der Waals surface area contributed by atoms with Crippen LogP contribution in [0.25, 0.3) is 0 Å². The number of aromatic amines is 1. The molecule has 1 saturated heterocycles. The number of hydrogen-bond acceptors (Lipinski definition) is 5. The van der Waals surface area contributed by atoms with E-state index < -0.39 is 10.0 Å². The van der Waals surface area contributed by atoms with Crippen molar-refractivity contribution in [2.75, 3.05) is 20.1 Å². The van der Waals surface area contributed by atoms with Crippen molar-refractivity contribution >= 4 is 10.0 Å². The first-order chi connectivity index (χ1) is 8.50. The van der Waals surface area contributed by atoms with E-state index in [1.807, 2.05) is 0 Å². The van der Waals surface area contributed by atoms with Crippen molar-refractivity contribution in [3.8, 4) is 0 Å². The highest BCUT2D eigenvalue weighted by atomic mass is 32.2. The van der Waals surface area contributed by atoms with Crippen LogP contribution in [0.1, 0.15) is 24.5 Å². The second-order valence-corrected chi connectivity index (χ2v) is 6.91. The Balaban J connectivity index is 2.04. The zero-order valence-electron chi connectivity index (χ0n) is 10.7. The molecule has 1 aliphatic rings. The predicted molar refractivity (Wildman–Crippen MR) is 67.4 cm³/mol. The van der Waals surface area contributed by atoms with Gasteiger partial charge in [-0.3, -0.25) is 5.10 Å². The summed E-state index contributed by atoms with van der Waals surface area (Å²) >= 11 is 0. The lowest BCUT2D eigenvalue weighted by Crippen LogP contribution is -2.42. The maximum absolute atomic E-state index is 12.3. The molecule has 2 N–H and O–H groups in total. The summed E-state index contributed by atoms with van der Waals surface area (Å²) < 4.78 is 26.0. The average Bonchev–Trinajstić information content (AvgIpc) is 2.76. The van der Waals surface area contributed by atoms with Crippen molar-refractivity contribution in [3.63, 3.8) is 0 Å². The molecule has 1 aliphatic heterocycles. The van der Waals surface area contributed by atoms with Crippen LogP contribution in [0.4, 0.5) is 0 Å². The van der Waals surface area contributed by atoms with Gasteiger partial charge in [-0.05, 0) is 32.9 Å². The van der Waals surface area contributed by atoms with Crippen molar-refractivity contribution in [3.05, 3.63) is 11.6 Å². The Bertz CT molecular complexity index is 492. The molecule has 0 radical (unpaired) electrons. The van der Waals surface area contributed by atoms with Gasteiger partial charge in [-0.25, -0.2) is 13.4 Å². The highest BCUT2D eigenvalue weighted by Gasteiger charge is 2.31. The highest BCUT2D eigenvalue weighted by Crippen LogP contribution is 2.17. The third kappa shape index (κ3) is 2.88. The largest absolute Gasteiger partial charge is 0.317 e. The van der Waals surface area contributed by atoms with E-state index >= 15 is 0 Å². The first kappa shape index (κ1) is 13.4. The fourth-order valence-electron chi connectivity index (χ4n) is 2.10. The molecule has 8 heteroatoms. The van der Waals surface area contributed by atoms with Crippen LogP contribution in [0.5, 0.6) is 0 Å². The summed E-state index contributed by atoms with van der Waals surface area (Å²) in [4.78, 5) is 4.12. The standard InChI is InChI=1S/C10H19N5O2S/c1-8-12-10(14-13-8)7-15(2)18(16,17)9-3-5-11-6-4-9/h9,11H,3-7H2,1-2H3,(H,12,13,14). The van der Waals surface area contributed by atoms with Crippen LogP contribution < -0.4 is 5.32 Å². The van der Waals surface area contributed by atoms with Crippen molar-refractivity contribution < 1.29 is 8.42 Å². The fraction of sp³-hybridized carbons (Fsp3) is 0.800. The van der Waals surface area contributed by atoms with Crippen LogP contribution in [-0.2, 0) is 16.6 Å². The topological polar surface area (TPSA) is 91.0 Å². The van der Waals surface area contributed by atoms with E-state index in [-0.39, 0.29) is 11.8 Å². The van der Waals surface area contributed by atoms with Gasteiger partial charge in [0.05, 0.1) is 11.8 Å². The van der Waals surface area contributed by atoms with Gasteiger partial charge in [0.1, 0.15) is 5.82 Å². The molecule has 0 spiro atoms. The van der Waals surface area contributed by atoms with Gasteiger partial charge < -0.3 is 5.32 Å². The molecule has 0 amide bonds. The Morgan fingerprint density at radius 1 is 1.39 bits per heavy atom. The van der Waals surface area contributed by atoms with Crippen molar-refractivity contribution in [2.45, 2.75) is 31.6 Å². The molecule has 0 unspecified atom stereocenters. The Labute approximate surface area is 107 Å². The van der Waals surface area contributed by atoms with Gasteiger partial charge in [0, 0.05) is 7.05 Å². The maximum atomic E-state index is 12.3. The first-order valence-corrected chi connectivity index (χ1v) is 7.54. The Morgan fingerprint density at radius 2 is 2.06 bits per heavy atom. The van der Waals surface area contributed by atoms with Gasteiger partial charge in [-0.1, -0.05) is 0 Å². The van der Waals surface area contributed by atoms with E-state index in [2.05, 4.69) is 20.5 Å². The van der Waals surface area contributed by atoms with Gasteiger partial charge in [0.25, 0.3) is 0 Å². The monoisotopic (exact) mass is 273 g/mol. The normalized spacial score (nSPS) is 18.4. The lowest BCUT2D eigenvalue weighted by molar-refractivity contribution is 0.423. The number of H-pyrrole nitrogens is 1. The molecule has 0 aliphatic carbocycles. The van der Waals surface area contributed by atoms with Crippen LogP contribution in [0.3, 0.4) is 0 Å². The number of sulfonamides is 1. The summed E-state index contributed by atoms with van der Waals surface area (Å²) in [5, 5.41) is 9.55. The SMILES string of the molecule is Cc1nc(CN(C)S(=O)(=O)C2CCNCC2)n[nH]1. The molecule has 1 fully saturated rings. The molecule has 102 valence electrons. The van der Waals surface area contributed by atoms with Crippen LogP contribution >= 0.6 is 0 Å². The summed E-state index contributed by atoms with van der Waals surface area (Å²) in [5.74, 6) is 1.20. The van der Waals surface area contributed by atoms with Crippen molar-refractivity contribution in [1.82, 2.24) is 24.8 Å². The van der Waals surface area contributed by atoms with Gasteiger partial charge in [0.15, 0.2) is 5.82 Å². The van der Waals surface area contributed by atoms with Crippen LogP contribution in [0.2, 0.25) is 0 Å². The quantitative estimate of drug-likeness (QED) is 0.781. The molecule has 0 saturated carbocycles. The number of aromatic nitrogens is 3. The summed E-state index contributed by atoms with van der Waals surface area (Å²) in [6.45, 7) is 3.53. The molecule has 0 aromatic carbocycles. The predicted octanol–water partition coefficient (Wildman–Crippen LogP) is -0.373. The Hall–Kier alpha value is -0.990. The third-order valence-electron chi connectivity index (χ3n) is 3.15. The molecule has 0 atom stereocenters. The lowest BCUT2D eigenvalue weighted by Gasteiger charge is -2.26. The minimum absolute atomic E-state index is 0.219. The summed E-state index contributed by atoms with van der Waals surface area (Å²) in [7, 11) is -1.67. The van der Waals surface area contributed by atoms with Crippen LogP contribution in [0.15, 0.2) is 0 Å². The van der Waals surface area contributed by atoms with E-state index in [0.717, 1.165) is 13.1 Å². The molecule has 1 aromatic rings. The zero-order valence-corrected chi connectivity index (χ0v) is 11.5. The molecule has 7 nitrogen and oxygen atoms in total. The molecule has 2 heterocycles. The van der Waals surface area contributed by atoms with E-state index in [1.165, 1.54) is 4.31 Å². The number of aryl methyl sites for hydroxylation is 1. The fourth-order valence-corrected chi connectivity index (χ4v) is 3.73. The van der Waals surface area contributed by atoms with E-state index in [4.69, 9.17) is 0 Å². The zero-order chi connectivity index (χ0) is 13.2. The van der Waals surface area contributed by atoms with Crippen LogP contribution in [-0.4, -0.2) is 53.3 Å². The second-order valence-electron chi connectivity index (χ2n) is 4.59. The minimum Gasteiger partial charge on any atom is -0.317 e. The van der Waals surface area contributed by atoms with E-state index in [0.29, 0.717) is 24.5 Å². The summed E-state index contributed by atoms with van der Waals surface area (Å²) in [5.41, 5.74) is 0. The van der Waals surface area contributed by atoms with Crippen molar-refractivity contribution in [2.24, 2.45) is 0 Å². The number of piperidine rings is 1.